The highest BCUT2D eigenvalue weighted by molar-refractivity contribution is 5.94. The quantitative estimate of drug-likeness (QED) is 0.754. The number of H-pyrrole nitrogens is 1. The number of amides is 2. The highest BCUT2D eigenvalue weighted by Crippen LogP contribution is 2.41. The van der Waals surface area contributed by atoms with E-state index >= 15 is 0 Å². The molecule has 3 saturated heterocycles. The number of benzene rings is 1. The summed E-state index contributed by atoms with van der Waals surface area (Å²) in [5.74, 6) is 0.936. The molecule has 3 aliphatic heterocycles. The second kappa shape index (κ2) is 8.90. The fourth-order valence-corrected chi connectivity index (χ4v) is 5.95. The van der Waals surface area contributed by atoms with E-state index in [1.165, 1.54) is 0 Å². The molecule has 0 aliphatic carbocycles. The van der Waals surface area contributed by atoms with E-state index in [4.69, 9.17) is 0 Å². The summed E-state index contributed by atoms with van der Waals surface area (Å²) in [7, 11) is 0. The molecule has 3 aliphatic rings. The number of pyridine rings is 1. The zero-order valence-corrected chi connectivity index (χ0v) is 18.2. The molecule has 7 nitrogen and oxygen atoms in total. The molecule has 5 rings (SSSR count). The van der Waals surface area contributed by atoms with Gasteiger partial charge in [0.2, 0.25) is 11.5 Å². The number of rotatable bonds is 5. The van der Waals surface area contributed by atoms with Crippen molar-refractivity contribution in [2.24, 2.45) is 11.8 Å². The van der Waals surface area contributed by atoms with Crippen LogP contribution in [0.25, 0.3) is 0 Å². The van der Waals surface area contributed by atoms with Gasteiger partial charge in [0.05, 0.1) is 6.04 Å². The van der Waals surface area contributed by atoms with Gasteiger partial charge >= 0.3 is 0 Å². The molecule has 32 heavy (non-hydrogen) atoms. The van der Waals surface area contributed by atoms with Crippen LogP contribution < -0.4 is 10.9 Å². The summed E-state index contributed by atoms with van der Waals surface area (Å²) in [6.07, 6.45) is 5.49. The molecule has 3 fully saturated rings. The van der Waals surface area contributed by atoms with Gasteiger partial charge in [0.15, 0.2) is 0 Å². The SMILES string of the molecule is O=C(NC[C@H]1[C@H]2C[C@H](CN(Cc3ccc(=O)[nH]c3)C2)[C@@H]2CCCC(=O)N21)c1ccccc1. The zero-order valence-electron chi connectivity index (χ0n) is 18.2. The Hall–Kier alpha value is -2.93. The van der Waals surface area contributed by atoms with Gasteiger partial charge in [0.25, 0.3) is 5.91 Å². The van der Waals surface area contributed by atoms with E-state index in [1.54, 1.807) is 12.3 Å². The Morgan fingerprint density at radius 1 is 1.06 bits per heavy atom. The molecule has 2 amide bonds. The number of hydrogen-bond donors (Lipinski definition) is 2. The van der Waals surface area contributed by atoms with Crippen LogP contribution in [0.15, 0.2) is 53.5 Å². The fraction of sp³-hybridized carbons (Fsp3) is 0.480. The van der Waals surface area contributed by atoms with Gasteiger partial charge in [-0.3, -0.25) is 19.3 Å². The van der Waals surface area contributed by atoms with Crippen molar-refractivity contribution >= 4 is 11.8 Å². The minimum absolute atomic E-state index is 0.0232. The number of nitrogens with zero attached hydrogens (tertiary/aromatic N) is 2. The van der Waals surface area contributed by atoms with Gasteiger partial charge < -0.3 is 15.2 Å². The highest BCUT2D eigenvalue weighted by atomic mass is 16.2. The molecule has 0 spiro atoms. The highest BCUT2D eigenvalue weighted by Gasteiger charge is 2.49. The first-order valence-corrected chi connectivity index (χ1v) is 11.6. The van der Waals surface area contributed by atoms with Gasteiger partial charge in [-0.15, -0.1) is 0 Å². The van der Waals surface area contributed by atoms with Crippen LogP contribution >= 0.6 is 0 Å². The van der Waals surface area contributed by atoms with Gasteiger partial charge in [0.1, 0.15) is 0 Å². The smallest absolute Gasteiger partial charge is 0.251 e. The maximum Gasteiger partial charge on any atom is 0.251 e. The lowest BCUT2D eigenvalue weighted by molar-refractivity contribution is -0.152. The Morgan fingerprint density at radius 3 is 2.66 bits per heavy atom. The van der Waals surface area contributed by atoms with Gasteiger partial charge in [-0.05, 0) is 48.8 Å². The number of carbonyl (C=O) groups excluding carboxylic acids is 2. The van der Waals surface area contributed by atoms with Crippen molar-refractivity contribution < 1.29 is 9.59 Å². The molecule has 168 valence electrons. The Morgan fingerprint density at radius 2 is 1.88 bits per heavy atom. The van der Waals surface area contributed by atoms with E-state index in [9.17, 15) is 14.4 Å². The maximum absolute atomic E-state index is 13.0. The lowest BCUT2D eigenvalue weighted by Gasteiger charge is -2.56. The van der Waals surface area contributed by atoms with Crippen molar-refractivity contribution in [2.75, 3.05) is 19.6 Å². The zero-order chi connectivity index (χ0) is 22.1. The molecular weight excluding hydrogens is 404 g/mol. The molecule has 2 bridgehead atoms. The normalized spacial score (nSPS) is 27.6. The van der Waals surface area contributed by atoms with Gasteiger partial charge in [0, 0.05) is 56.5 Å². The largest absolute Gasteiger partial charge is 0.350 e. The van der Waals surface area contributed by atoms with Gasteiger partial charge in [-0.1, -0.05) is 24.3 Å². The van der Waals surface area contributed by atoms with E-state index < -0.39 is 0 Å². The summed E-state index contributed by atoms with van der Waals surface area (Å²) in [5, 5.41) is 3.11. The molecular formula is C25H30N4O3. The molecule has 0 unspecified atom stereocenters. The van der Waals surface area contributed by atoms with Crippen LogP contribution in [0.4, 0.5) is 0 Å². The number of hydrogen-bond acceptors (Lipinski definition) is 4. The summed E-state index contributed by atoms with van der Waals surface area (Å²) >= 11 is 0. The van der Waals surface area contributed by atoms with Crippen molar-refractivity contribution in [3.63, 3.8) is 0 Å². The molecule has 4 atom stereocenters. The first-order valence-electron chi connectivity index (χ1n) is 11.6. The number of likely N-dealkylation sites (tertiary alicyclic amines) is 1. The third-order valence-corrected chi connectivity index (χ3v) is 7.33. The number of nitrogens with one attached hydrogen (secondary N) is 2. The second-order valence-corrected chi connectivity index (χ2v) is 9.42. The van der Waals surface area contributed by atoms with Crippen molar-refractivity contribution in [2.45, 2.75) is 44.3 Å². The third-order valence-electron chi connectivity index (χ3n) is 7.33. The number of piperidine rings is 3. The van der Waals surface area contributed by atoms with Crippen LogP contribution in [-0.2, 0) is 11.3 Å². The summed E-state index contributed by atoms with van der Waals surface area (Å²) < 4.78 is 0. The van der Waals surface area contributed by atoms with Crippen LogP contribution in [0.5, 0.6) is 0 Å². The van der Waals surface area contributed by atoms with Gasteiger partial charge in [-0.2, -0.15) is 0 Å². The van der Waals surface area contributed by atoms with E-state index in [0.717, 1.165) is 44.5 Å². The average Bonchev–Trinajstić information content (AvgIpc) is 2.81. The Labute approximate surface area is 187 Å². The predicted molar refractivity (Wildman–Crippen MR) is 121 cm³/mol. The number of fused-ring (bicyclic) bond motifs is 4. The van der Waals surface area contributed by atoms with Crippen LogP contribution in [0.1, 0.15) is 41.6 Å². The molecule has 7 heteroatoms. The van der Waals surface area contributed by atoms with Crippen molar-refractivity contribution in [3.05, 3.63) is 70.1 Å². The number of aromatic nitrogens is 1. The third kappa shape index (κ3) is 4.21. The van der Waals surface area contributed by atoms with E-state index in [1.807, 2.05) is 36.4 Å². The molecule has 1 aromatic carbocycles. The predicted octanol–water partition coefficient (Wildman–Crippen LogP) is 2.01. The molecule has 0 radical (unpaired) electrons. The van der Waals surface area contributed by atoms with Crippen LogP contribution in [0.2, 0.25) is 0 Å². The molecule has 0 saturated carbocycles. The monoisotopic (exact) mass is 434 g/mol. The summed E-state index contributed by atoms with van der Waals surface area (Å²) in [6, 6.07) is 13.0. The molecule has 1 aromatic heterocycles. The first kappa shape index (κ1) is 20.9. The van der Waals surface area contributed by atoms with Crippen molar-refractivity contribution in [3.8, 4) is 0 Å². The van der Waals surface area contributed by atoms with Crippen LogP contribution in [-0.4, -0.2) is 58.3 Å². The first-order chi connectivity index (χ1) is 15.6. The number of aromatic amines is 1. The number of carbonyl (C=O) groups is 2. The van der Waals surface area contributed by atoms with Crippen LogP contribution in [0, 0.1) is 11.8 Å². The van der Waals surface area contributed by atoms with Crippen molar-refractivity contribution in [1.29, 1.82) is 0 Å². The summed E-state index contributed by atoms with van der Waals surface area (Å²) in [5.41, 5.74) is 1.65. The Bertz CT molecular complexity index is 1020. The van der Waals surface area contributed by atoms with E-state index in [-0.39, 0.29) is 29.5 Å². The lowest BCUT2D eigenvalue weighted by atomic mass is 9.72. The topological polar surface area (TPSA) is 85.5 Å². The second-order valence-electron chi connectivity index (χ2n) is 9.42. The molecule has 4 heterocycles. The maximum atomic E-state index is 13.0. The van der Waals surface area contributed by atoms with Gasteiger partial charge in [-0.25, -0.2) is 0 Å². The fourth-order valence-electron chi connectivity index (χ4n) is 5.95. The lowest BCUT2D eigenvalue weighted by Crippen LogP contribution is -2.67. The summed E-state index contributed by atoms with van der Waals surface area (Å²) in [4.78, 5) is 44.4. The molecule has 2 aromatic rings. The summed E-state index contributed by atoms with van der Waals surface area (Å²) in [6.45, 7) is 3.12. The van der Waals surface area contributed by atoms with E-state index in [0.29, 0.717) is 30.4 Å². The van der Waals surface area contributed by atoms with Crippen LogP contribution in [0.3, 0.4) is 0 Å². The van der Waals surface area contributed by atoms with Crippen molar-refractivity contribution in [1.82, 2.24) is 20.1 Å². The average molecular weight is 435 g/mol. The molecule has 2 N–H and O–H groups in total. The minimum Gasteiger partial charge on any atom is -0.350 e. The Kier molecular flexibility index (Phi) is 5.83. The standard InChI is InChI=1S/C25H30N4O3/c30-23-10-9-17(12-26-23)14-28-15-19-11-20(16-28)22(29-21(19)7-4-8-24(29)31)13-27-25(32)18-5-2-1-3-6-18/h1-3,5-6,9-10,12,19-22H,4,7-8,11,13-16H2,(H,26,30)(H,27,32)/t19-,20+,21+,22+/m1/s1. The minimum atomic E-state index is -0.0883. The van der Waals surface area contributed by atoms with E-state index in [2.05, 4.69) is 20.1 Å². The Balaban J connectivity index is 1.33.